The number of aromatic nitrogens is 1. The molecule has 150 valence electrons. The SMILES string of the molecule is COc1ccc(NC(=O)c2cncc(NS(=O)(=O)c3ccc(OC)cc3)c2)cc1. The lowest BCUT2D eigenvalue weighted by atomic mass is 10.2. The number of anilines is 2. The van der Waals surface area contributed by atoms with Crippen LogP contribution < -0.4 is 19.5 Å². The summed E-state index contributed by atoms with van der Waals surface area (Å²) in [6.45, 7) is 0. The van der Waals surface area contributed by atoms with Crippen molar-refractivity contribution in [3.63, 3.8) is 0 Å². The predicted octanol–water partition coefficient (Wildman–Crippen LogP) is 3.15. The summed E-state index contributed by atoms with van der Waals surface area (Å²) in [7, 11) is -0.789. The van der Waals surface area contributed by atoms with Gasteiger partial charge < -0.3 is 14.8 Å². The van der Waals surface area contributed by atoms with Gasteiger partial charge in [-0.2, -0.15) is 0 Å². The third-order valence-electron chi connectivity index (χ3n) is 3.97. The first kappa shape index (κ1) is 20.2. The Morgan fingerprint density at radius 1 is 0.862 bits per heavy atom. The van der Waals surface area contributed by atoms with E-state index >= 15 is 0 Å². The number of amides is 1. The molecule has 0 bridgehead atoms. The first-order valence-corrected chi connectivity index (χ1v) is 9.97. The van der Waals surface area contributed by atoms with E-state index < -0.39 is 15.9 Å². The van der Waals surface area contributed by atoms with E-state index in [1.54, 1.807) is 43.5 Å². The Kier molecular flexibility index (Phi) is 5.99. The number of rotatable bonds is 7. The molecule has 8 nitrogen and oxygen atoms in total. The highest BCUT2D eigenvalue weighted by Gasteiger charge is 2.16. The van der Waals surface area contributed by atoms with Crippen LogP contribution in [0.3, 0.4) is 0 Å². The van der Waals surface area contributed by atoms with Gasteiger partial charge in [0.2, 0.25) is 0 Å². The molecule has 0 radical (unpaired) electrons. The maximum absolute atomic E-state index is 12.5. The van der Waals surface area contributed by atoms with Crippen LogP contribution in [0.2, 0.25) is 0 Å². The molecule has 2 N–H and O–H groups in total. The maximum Gasteiger partial charge on any atom is 0.261 e. The fourth-order valence-corrected chi connectivity index (χ4v) is 3.50. The number of sulfonamides is 1. The minimum atomic E-state index is -3.84. The molecule has 0 spiro atoms. The van der Waals surface area contributed by atoms with Crippen molar-refractivity contribution in [3.8, 4) is 11.5 Å². The number of hydrogen-bond acceptors (Lipinski definition) is 6. The third-order valence-corrected chi connectivity index (χ3v) is 5.37. The summed E-state index contributed by atoms with van der Waals surface area (Å²) in [6, 6.07) is 14.2. The van der Waals surface area contributed by atoms with Gasteiger partial charge in [0.1, 0.15) is 11.5 Å². The normalized spacial score (nSPS) is 10.8. The zero-order valence-electron chi connectivity index (χ0n) is 15.7. The molecule has 9 heteroatoms. The van der Waals surface area contributed by atoms with Crippen LogP contribution in [0.5, 0.6) is 11.5 Å². The Balaban J connectivity index is 1.74. The largest absolute Gasteiger partial charge is 0.497 e. The standard InChI is InChI=1S/C20H19N3O5S/c1-27-17-5-3-15(4-6-17)22-20(24)14-11-16(13-21-12-14)23-29(25,26)19-9-7-18(28-2)8-10-19/h3-13,23H,1-2H3,(H,22,24). The zero-order valence-corrected chi connectivity index (χ0v) is 16.6. The van der Waals surface area contributed by atoms with Gasteiger partial charge in [0.25, 0.3) is 15.9 Å². The second-order valence-corrected chi connectivity index (χ2v) is 7.61. The lowest BCUT2D eigenvalue weighted by Gasteiger charge is -2.10. The number of hydrogen-bond donors (Lipinski definition) is 2. The second kappa shape index (κ2) is 8.61. The second-order valence-electron chi connectivity index (χ2n) is 5.93. The summed E-state index contributed by atoms with van der Waals surface area (Å²) >= 11 is 0. The van der Waals surface area contributed by atoms with Crippen LogP contribution in [-0.2, 0) is 10.0 Å². The molecule has 3 rings (SSSR count). The number of benzene rings is 2. The van der Waals surface area contributed by atoms with Crippen LogP contribution in [0.15, 0.2) is 71.9 Å². The Bertz CT molecular complexity index is 1100. The topological polar surface area (TPSA) is 107 Å². The van der Waals surface area contributed by atoms with E-state index in [-0.39, 0.29) is 16.1 Å². The molecule has 0 saturated heterocycles. The van der Waals surface area contributed by atoms with Crippen LogP contribution in [-0.4, -0.2) is 33.5 Å². The van der Waals surface area contributed by atoms with Crippen LogP contribution in [0.1, 0.15) is 10.4 Å². The van der Waals surface area contributed by atoms with E-state index in [4.69, 9.17) is 9.47 Å². The summed E-state index contributed by atoms with van der Waals surface area (Å²) in [5, 5.41) is 2.72. The third kappa shape index (κ3) is 5.02. The molecule has 0 aliphatic carbocycles. The number of nitrogens with one attached hydrogen (secondary N) is 2. The molecule has 1 heterocycles. The minimum Gasteiger partial charge on any atom is -0.497 e. The molecule has 29 heavy (non-hydrogen) atoms. The smallest absolute Gasteiger partial charge is 0.261 e. The van der Waals surface area contributed by atoms with Crippen LogP contribution >= 0.6 is 0 Å². The van der Waals surface area contributed by atoms with Gasteiger partial charge in [-0.05, 0) is 54.6 Å². The minimum absolute atomic E-state index is 0.0615. The average molecular weight is 413 g/mol. The monoisotopic (exact) mass is 413 g/mol. The Hall–Kier alpha value is -3.59. The number of pyridine rings is 1. The van der Waals surface area contributed by atoms with Crippen molar-refractivity contribution in [2.24, 2.45) is 0 Å². The van der Waals surface area contributed by atoms with Crippen LogP contribution in [0.4, 0.5) is 11.4 Å². The number of ether oxygens (including phenoxy) is 2. The van der Waals surface area contributed by atoms with Gasteiger partial charge in [0, 0.05) is 11.9 Å². The zero-order chi connectivity index (χ0) is 20.9. The molecule has 1 amide bonds. The fourth-order valence-electron chi connectivity index (χ4n) is 2.47. The van der Waals surface area contributed by atoms with E-state index in [2.05, 4.69) is 15.0 Å². The Morgan fingerprint density at radius 2 is 1.45 bits per heavy atom. The molecule has 2 aromatic carbocycles. The van der Waals surface area contributed by atoms with Crippen LogP contribution in [0.25, 0.3) is 0 Å². The van der Waals surface area contributed by atoms with Gasteiger partial charge in [-0.25, -0.2) is 8.42 Å². The van der Waals surface area contributed by atoms with Crippen molar-refractivity contribution in [1.82, 2.24) is 4.98 Å². The van der Waals surface area contributed by atoms with Crippen molar-refractivity contribution >= 4 is 27.3 Å². The Labute approximate surface area is 168 Å². The highest BCUT2D eigenvalue weighted by Crippen LogP contribution is 2.20. The summed E-state index contributed by atoms with van der Waals surface area (Å²) < 4.78 is 37.6. The van der Waals surface area contributed by atoms with E-state index in [1.807, 2.05) is 0 Å². The lowest BCUT2D eigenvalue weighted by Crippen LogP contribution is -2.15. The van der Waals surface area contributed by atoms with Crippen molar-refractivity contribution in [2.75, 3.05) is 24.3 Å². The van der Waals surface area contributed by atoms with E-state index in [9.17, 15) is 13.2 Å². The predicted molar refractivity (Wildman–Crippen MR) is 109 cm³/mol. The molecule has 0 atom stereocenters. The Morgan fingerprint density at radius 3 is 2.03 bits per heavy atom. The summed E-state index contributed by atoms with van der Waals surface area (Å²) in [5.74, 6) is 0.788. The van der Waals surface area contributed by atoms with Gasteiger partial charge in [-0.15, -0.1) is 0 Å². The van der Waals surface area contributed by atoms with Crippen molar-refractivity contribution in [3.05, 3.63) is 72.6 Å². The van der Waals surface area contributed by atoms with Gasteiger partial charge in [0.15, 0.2) is 0 Å². The first-order valence-electron chi connectivity index (χ1n) is 8.48. The number of carbonyl (C=O) groups is 1. The highest BCUT2D eigenvalue weighted by atomic mass is 32.2. The van der Waals surface area contributed by atoms with E-state index in [1.165, 1.54) is 37.7 Å². The number of carbonyl (C=O) groups excluding carboxylic acids is 1. The lowest BCUT2D eigenvalue weighted by molar-refractivity contribution is 0.102. The molecule has 0 aliphatic rings. The molecule has 3 aromatic rings. The summed E-state index contributed by atoms with van der Waals surface area (Å²) in [5.41, 5.74) is 0.943. The quantitative estimate of drug-likeness (QED) is 0.616. The highest BCUT2D eigenvalue weighted by molar-refractivity contribution is 7.92. The van der Waals surface area contributed by atoms with Crippen molar-refractivity contribution in [2.45, 2.75) is 4.90 Å². The molecular weight excluding hydrogens is 394 g/mol. The molecule has 0 fully saturated rings. The van der Waals surface area contributed by atoms with Crippen molar-refractivity contribution < 1.29 is 22.7 Å². The van der Waals surface area contributed by atoms with E-state index in [0.29, 0.717) is 17.2 Å². The van der Waals surface area contributed by atoms with Crippen LogP contribution in [0, 0.1) is 0 Å². The number of methoxy groups -OCH3 is 2. The van der Waals surface area contributed by atoms with Crippen molar-refractivity contribution in [1.29, 1.82) is 0 Å². The average Bonchev–Trinajstić information content (AvgIpc) is 2.74. The van der Waals surface area contributed by atoms with Gasteiger partial charge in [0.05, 0.1) is 36.6 Å². The molecule has 0 saturated carbocycles. The fraction of sp³-hybridized carbons (Fsp3) is 0.100. The number of nitrogens with zero attached hydrogens (tertiary/aromatic N) is 1. The van der Waals surface area contributed by atoms with Gasteiger partial charge in [-0.1, -0.05) is 0 Å². The first-order chi connectivity index (χ1) is 13.9. The molecule has 0 aliphatic heterocycles. The molecular formula is C20H19N3O5S. The maximum atomic E-state index is 12.5. The molecule has 1 aromatic heterocycles. The van der Waals surface area contributed by atoms with Gasteiger partial charge >= 0.3 is 0 Å². The van der Waals surface area contributed by atoms with E-state index in [0.717, 1.165) is 0 Å². The summed E-state index contributed by atoms with van der Waals surface area (Å²) in [6.07, 6.45) is 2.68. The van der Waals surface area contributed by atoms with Gasteiger partial charge in [-0.3, -0.25) is 14.5 Å². The molecule has 0 unspecified atom stereocenters. The summed E-state index contributed by atoms with van der Waals surface area (Å²) in [4.78, 5) is 16.5.